The van der Waals surface area contributed by atoms with Crippen molar-refractivity contribution in [3.63, 3.8) is 0 Å². The van der Waals surface area contributed by atoms with E-state index in [1.165, 1.54) is 17.4 Å². The van der Waals surface area contributed by atoms with Gasteiger partial charge in [-0.1, -0.05) is 12.1 Å². The summed E-state index contributed by atoms with van der Waals surface area (Å²) in [6, 6.07) is 5.01. The van der Waals surface area contributed by atoms with Gasteiger partial charge in [0.05, 0.1) is 17.6 Å². The first kappa shape index (κ1) is 21.6. The second kappa shape index (κ2) is 8.86. The van der Waals surface area contributed by atoms with Crippen LogP contribution in [0, 0.1) is 19.7 Å². The van der Waals surface area contributed by atoms with E-state index in [1.54, 1.807) is 16.9 Å². The number of aromatic nitrogens is 3. The number of halogens is 1. The standard InChI is InChI=1S/C22H26FN5O2S/c1-12-5-4-6-15(23)18(12)22-27-19(13(2)31-22)21(29)26-16-11-25-28(3)20(16)17-8-7-14(24)9-10-30-17/h4-6,11,14,17H,7-10,24H2,1-3H3,(H,26,29)/t14-,17+/m1/s1. The Kier molecular flexibility index (Phi) is 6.17. The Balaban J connectivity index is 1.60. The average molecular weight is 444 g/mol. The SMILES string of the molecule is Cc1cccc(F)c1-c1nc(C(=O)Nc2cnn(C)c2[C@@H]2CC[C@@H](N)CCO2)c(C)s1. The van der Waals surface area contributed by atoms with Crippen molar-refractivity contribution in [1.82, 2.24) is 14.8 Å². The van der Waals surface area contributed by atoms with Crippen LogP contribution in [-0.4, -0.2) is 33.3 Å². The molecule has 0 bridgehead atoms. The molecule has 0 radical (unpaired) electrons. The summed E-state index contributed by atoms with van der Waals surface area (Å²) in [5.74, 6) is -0.701. The van der Waals surface area contributed by atoms with Gasteiger partial charge in [-0.25, -0.2) is 9.37 Å². The third kappa shape index (κ3) is 4.39. The maximum Gasteiger partial charge on any atom is 0.275 e. The summed E-state index contributed by atoms with van der Waals surface area (Å²) in [5.41, 5.74) is 8.94. The van der Waals surface area contributed by atoms with Crippen LogP contribution in [0.4, 0.5) is 10.1 Å². The zero-order valence-electron chi connectivity index (χ0n) is 17.8. The number of hydrogen-bond acceptors (Lipinski definition) is 6. The van der Waals surface area contributed by atoms with Gasteiger partial charge < -0.3 is 15.8 Å². The van der Waals surface area contributed by atoms with Crippen LogP contribution < -0.4 is 11.1 Å². The molecule has 3 aromatic rings. The molecule has 1 aliphatic rings. The lowest BCUT2D eigenvalue weighted by Gasteiger charge is -2.17. The van der Waals surface area contributed by atoms with E-state index in [4.69, 9.17) is 10.5 Å². The predicted octanol–water partition coefficient (Wildman–Crippen LogP) is 4.12. The molecule has 31 heavy (non-hydrogen) atoms. The number of nitrogens with zero attached hydrogens (tertiary/aromatic N) is 3. The van der Waals surface area contributed by atoms with Crippen molar-refractivity contribution >= 4 is 22.9 Å². The molecule has 2 atom stereocenters. The van der Waals surface area contributed by atoms with Crippen LogP contribution in [0.2, 0.25) is 0 Å². The number of nitrogens with one attached hydrogen (secondary N) is 1. The molecule has 164 valence electrons. The van der Waals surface area contributed by atoms with Gasteiger partial charge in [-0.3, -0.25) is 9.48 Å². The molecule has 2 aromatic heterocycles. The Morgan fingerprint density at radius 2 is 2.13 bits per heavy atom. The number of aryl methyl sites for hydroxylation is 3. The van der Waals surface area contributed by atoms with Gasteiger partial charge in [-0.05, 0) is 44.7 Å². The summed E-state index contributed by atoms with van der Waals surface area (Å²) >= 11 is 1.30. The predicted molar refractivity (Wildman–Crippen MR) is 119 cm³/mol. The number of anilines is 1. The summed E-state index contributed by atoms with van der Waals surface area (Å²) in [6.45, 7) is 4.21. The number of nitrogens with two attached hydrogens (primary N) is 1. The number of ether oxygens (including phenoxy) is 1. The van der Waals surface area contributed by atoms with E-state index < -0.39 is 0 Å². The molecular formula is C22H26FN5O2S. The van der Waals surface area contributed by atoms with Crippen molar-refractivity contribution in [3.05, 3.63) is 52.0 Å². The monoisotopic (exact) mass is 443 g/mol. The van der Waals surface area contributed by atoms with Gasteiger partial charge in [-0.15, -0.1) is 11.3 Å². The van der Waals surface area contributed by atoms with Gasteiger partial charge in [0, 0.05) is 30.1 Å². The fourth-order valence-corrected chi connectivity index (χ4v) is 4.92. The second-order valence-electron chi connectivity index (χ2n) is 7.86. The maximum absolute atomic E-state index is 14.4. The molecular weight excluding hydrogens is 417 g/mol. The quantitative estimate of drug-likeness (QED) is 0.632. The molecule has 1 saturated heterocycles. The van der Waals surface area contributed by atoms with Gasteiger partial charge in [0.1, 0.15) is 22.6 Å². The summed E-state index contributed by atoms with van der Waals surface area (Å²) in [5, 5.41) is 7.73. The van der Waals surface area contributed by atoms with Crippen molar-refractivity contribution in [2.45, 2.75) is 45.3 Å². The fraction of sp³-hybridized carbons (Fsp3) is 0.409. The molecule has 0 spiro atoms. The Labute approximate surface area is 184 Å². The largest absolute Gasteiger partial charge is 0.372 e. The van der Waals surface area contributed by atoms with E-state index in [0.717, 1.165) is 35.4 Å². The first-order valence-electron chi connectivity index (χ1n) is 10.3. The minimum atomic E-state index is -0.353. The first-order valence-corrected chi connectivity index (χ1v) is 11.1. The van der Waals surface area contributed by atoms with Crippen molar-refractivity contribution in [1.29, 1.82) is 0 Å². The van der Waals surface area contributed by atoms with Crippen LogP contribution >= 0.6 is 11.3 Å². The highest BCUT2D eigenvalue weighted by Gasteiger charge is 2.26. The van der Waals surface area contributed by atoms with Crippen molar-refractivity contribution in [2.24, 2.45) is 12.8 Å². The molecule has 0 aliphatic carbocycles. The fourth-order valence-electron chi connectivity index (χ4n) is 3.89. The lowest BCUT2D eigenvalue weighted by Crippen LogP contribution is -2.19. The van der Waals surface area contributed by atoms with E-state index in [-0.39, 0.29) is 29.6 Å². The zero-order chi connectivity index (χ0) is 22.1. The molecule has 0 saturated carbocycles. The molecule has 3 N–H and O–H groups in total. The summed E-state index contributed by atoms with van der Waals surface area (Å²) in [6.07, 6.45) is 3.84. The number of thiazole rings is 1. The molecule has 9 heteroatoms. The van der Waals surface area contributed by atoms with Crippen molar-refractivity contribution in [3.8, 4) is 10.6 Å². The van der Waals surface area contributed by atoms with Crippen molar-refractivity contribution in [2.75, 3.05) is 11.9 Å². The highest BCUT2D eigenvalue weighted by molar-refractivity contribution is 7.15. The van der Waals surface area contributed by atoms with Crippen LogP contribution in [0.25, 0.3) is 10.6 Å². The summed E-state index contributed by atoms with van der Waals surface area (Å²) in [7, 11) is 1.83. The number of carbonyl (C=O) groups is 1. The molecule has 4 rings (SSSR count). The Morgan fingerprint density at radius 1 is 1.32 bits per heavy atom. The van der Waals surface area contributed by atoms with Gasteiger partial charge in [-0.2, -0.15) is 5.10 Å². The highest BCUT2D eigenvalue weighted by Crippen LogP contribution is 2.34. The van der Waals surface area contributed by atoms with E-state index in [0.29, 0.717) is 22.9 Å². The lowest BCUT2D eigenvalue weighted by atomic mass is 10.1. The number of amides is 1. The van der Waals surface area contributed by atoms with Crippen LogP contribution in [0.5, 0.6) is 0 Å². The molecule has 0 unspecified atom stereocenters. The number of benzene rings is 1. The highest BCUT2D eigenvalue weighted by atomic mass is 32.1. The molecule has 1 aromatic carbocycles. The topological polar surface area (TPSA) is 95.1 Å². The third-order valence-corrected chi connectivity index (χ3v) is 6.58. The van der Waals surface area contributed by atoms with E-state index in [1.807, 2.05) is 27.0 Å². The van der Waals surface area contributed by atoms with Crippen LogP contribution in [0.1, 0.15) is 52.0 Å². The van der Waals surface area contributed by atoms with Gasteiger partial charge in [0.2, 0.25) is 0 Å². The van der Waals surface area contributed by atoms with Gasteiger partial charge in [0.15, 0.2) is 0 Å². The summed E-state index contributed by atoms with van der Waals surface area (Å²) in [4.78, 5) is 18.2. The van der Waals surface area contributed by atoms with Crippen LogP contribution in [0.15, 0.2) is 24.4 Å². The maximum atomic E-state index is 14.4. The Bertz CT molecular complexity index is 1090. The smallest absolute Gasteiger partial charge is 0.275 e. The number of carbonyl (C=O) groups excluding carboxylic acids is 1. The normalized spacial score (nSPS) is 19.3. The van der Waals surface area contributed by atoms with Gasteiger partial charge in [0.25, 0.3) is 5.91 Å². The van der Waals surface area contributed by atoms with Crippen LogP contribution in [-0.2, 0) is 11.8 Å². The Hall–Kier alpha value is -2.62. The van der Waals surface area contributed by atoms with E-state index in [2.05, 4.69) is 15.4 Å². The molecule has 3 heterocycles. The minimum absolute atomic E-state index is 0.120. The second-order valence-corrected chi connectivity index (χ2v) is 9.07. The first-order chi connectivity index (χ1) is 14.8. The molecule has 1 amide bonds. The average Bonchev–Trinajstić information content (AvgIpc) is 3.19. The summed E-state index contributed by atoms with van der Waals surface area (Å²) < 4.78 is 22.1. The zero-order valence-corrected chi connectivity index (χ0v) is 18.6. The molecule has 1 aliphatic heterocycles. The number of hydrogen-bond donors (Lipinski definition) is 2. The molecule has 1 fully saturated rings. The third-order valence-electron chi connectivity index (χ3n) is 5.59. The van der Waals surface area contributed by atoms with Crippen LogP contribution in [0.3, 0.4) is 0 Å². The Morgan fingerprint density at radius 3 is 2.90 bits per heavy atom. The van der Waals surface area contributed by atoms with E-state index >= 15 is 0 Å². The van der Waals surface area contributed by atoms with Crippen molar-refractivity contribution < 1.29 is 13.9 Å². The molecule has 7 nitrogen and oxygen atoms in total. The lowest BCUT2D eigenvalue weighted by molar-refractivity contribution is 0.0529. The van der Waals surface area contributed by atoms with Gasteiger partial charge >= 0.3 is 0 Å². The number of rotatable bonds is 4. The minimum Gasteiger partial charge on any atom is -0.372 e. The van der Waals surface area contributed by atoms with E-state index in [9.17, 15) is 9.18 Å².